The van der Waals surface area contributed by atoms with Crippen molar-refractivity contribution in [3.63, 3.8) is 0 Å². The Balaban J connectivity index is 1.31. The molecule has 0 N–H and O–H groups in total. The third kappa shape index (κ3) is 5.18. The summed E-state index contributed by atoms with van der Waals surface area (Å²) in [6, 6.07) is 13.6. The average Bonchev–Trinajstić information content (AvgIpc) is 3.39. The molecular formula is C30H36ClN7O. The van der Waals surface area contributed by atoms with Crippen LogP contribution in [0.5, 0.6) is 6.01 Å². The maximum absolute atomic E-state index is 9.34. The van der Waals surface area contributed by atoms with Crippen LogP contribution in [0.25, 0.3) is 10.8 Å². The van der Waals surface area contributed by atoms with Crippen LogP contribution in [-0.4, -0.2) is 78.7 Å². The Bertz CT molecular complexity index is 1380. The van der Waals surface area contributed by atoms with Gasteiger partial charge in [-0.05, 0) is 63.2 Å². The first-order chi connectivity index (χ1) is 19.0. The normalized spacial score (nSPS) is 20.2. The first kappa shape index (κ1) is 26.0. The summed E-state index contributed by atoms with van der Waals surface area (Å²) in [6.07, 6.45) is 7.36. The van der Waals surface area contributed by atoms with E-state index in [0.29, 0.717) is 25.2 Å². The molecule has 0 aliphatic carbocycles. The third-order valence-electron chi connectivity index (χ3n) is 8.74. The number of nitrogens with zero attached hydrogens (tertiary/aromatic N) is 7. The third-order valence-corrected chi connectivity index (χ3v) is 9.06. The zero-order chi connectivity index (χ0) is 26.9. The molecule has 1 aromatic heterocycles. The van der Waals surface area contributed by atoms with Crippen LogP contribution in [0.1, 0.15) is 36.9 Å². The number of hydrogen-bond acceptors (Lipinski definition) is 8. The number of piperidine rings is 1. The fraction of sp³-hybridized carbons (Fsp3) is 0.500. The van der Waals surface area contributed by atoms with Gasteiger partial charge in [0.05, 0.1) is 17.3 Å². The molecule has 0 radical (unpaired) electrons. The molecule has 0 saturated carbocycles. The van der Waals surface area contributed by atoms with Crippen molar-refractivity contribution in [2.45, 2.75) is 50.7 Å². The van der Waals surface area contributed by atoms with Crippen LogP contribution in [0.3, 0.4) is 0 Å². The number of benzene rings is 2. The lowest BCUT2D eigenvalue weighted by molar-refractivity contribution is 0.187. The van der Waals surface area contributed by atoms with Gasteiger partial charge >= 0.3 is 6.01 Å². The number of nitriles is 1. The highest BCUT2D eigenvalue weighted by molar-refractivity contribution is 6.36. The van der Waals surface area contributed by atoms with Gasteiger partial charge in [-0.25, -0.2) is 0 Å². The molecule has 2 saturated heterocycles. The molecule has 2 fully saturated rings. The molecule has 3 aliphatic heterocycles. The van der Waals surface area contributed by atoms with E-state index < -0.39 is 0 Å². The van der Waals surface area contributed by atoms with E-state index in [4.69, 9.17) is 26.3 Å². The van der Waals surface area contributed by atoms with Crippen LogP contribution in [0.15, 0.2) is 36.4 Å². The SMILES string of the molecule is CN(C#N)C1CCN(c2nc(OC[C@@H]3CCCN3C)nc3c2CCN(c2cccc4cccc(Cl)c24)C3)CC1. The standard InChI is InChI=1S/C30H36ClN7O/c1-35-14-5-8-23(35)19-39-30-33-26-18-38(27-10-4-7-21-6-3-9-25(31)28(21)27)17-13-24(26)29(34-30)37-15-11-22(12-16-37)36(2)20-32/h3-4,6-7,9-10,22-23H,5,8,11-19H2,1-2H3/t23-/m0/s1. The number of hydrogen-bond donors (Lipinski definition) is 0. The van der Waals surface area contributed by atoms with Gasteiger partial charge in [0, 0.05) is 55.4 Å². The lowest BCUT2D eigenvalue weighted by atomic mass is 10.00. The van der Waals surface area contributed by atoms with Gasteiger partial charge in [-0.15, -0.1) is 0 Å². The van der Waals surface area contributed by atoms with Gasteiger partial charge in [-0.3, -0.25) is 0 Å². The minimum atomic E-state index is 0.282. The summed E-state index contributed by atoms with van der Waals surface area (Å²) in [4.78, 5) is 18.9. The van der Waals surface area contributed by atoms with Crippen LogP contribution in [0.2, 0.25) is 5.02 Å². The maximum Gasteiger partial charge on any atom is 0.318 e. The summed E-state index contributed by atoms with van der Waals surface area (Å²) in [5.74, 6) is 1.00. The number of fused-ring (bicyclic) bond motifs is 2. The molecule has 9 heteroatoms. The minimum Gasteiger partial charge on any atom is -0.462 e. The van der Waals surface area contributed by atoms with Crippen LogP contribution in [0, 0.1) is 11.5 Å². The van der Waals surface area contributed by atoms with Gasteiger partial charge in [0.25, 0.3) is 0 Å². The molecule has 1 atom stereocenters. The fourth-order valence-electron chi connectivity index (χ4n) is 6.37. The number of aromatic nitrogens is 2. The number of halogens is 1. The number of rotatable bonds is 6. The molecule has 0 unspecified atom stereocenters. The van der Waals surface area contributed by atoms with E-state index in [0.717, 1.165) is 84.9 Å². The summed E-state index contributed by atoms with van der Waals surface area (Å²) in [5.41, 5.74) is 3.38. The molecule has 0 spiro atoms. The van der Waals surface area contributed by atoms with Crippen molar-refractivity contribution in [2.24, 2.45) is 0 Å². The van der Waals surface area contributed by atoms with Gasteiger partial charge in [-0.1, -0.05) is 35.9 Å². The summed E-state index contributed by atoms with van der Waals surface area (Å²) < 4.78 is 6.28. The molecule has 204 valence electrons. The molecule has 4 heterocycles. The fourth-order valence-corrected chi connectivity index (χ4v) is 6.65. The first-order valence-corrected chi connectivity index (χ1v) is 14.4. The van der Waals surface area contributed by atoms with Crippen molar-refractivity contribution < 1.29 is 4.74 Å². The van der Waals surface area contributed by atoms with E-state index in [1.165, 1.54) is 12.0 Å². The molecular weight excluding hydrogens is 510 g/mol. The molecule has 6 rings (SSSR count). The van der Waals surface area contributed by atoms with Crippen molar-refractivity contribution >= 4 is 33.9 Å². The summed E-state index contributed by atoms with van der Waals surface area (Å²) in [7, 11) is 4.04. The number of likely N-dealkylation sites (tertiary alicyclic amines) is 1. The molecule has 0 amide bonds. The monoisotopic (exact) mass is 545 g/mol. The van der Waals surface area contributed by atoms with Crippen LogP contribution in [-0.2, 0) is 13.0 Å². The van der Waals surface area contributed by atoms with Gasteiger partial charge in [-0.2, -0.15) is 15.2 Å². The zero-order valence-electron chi connectivity index (χ0n) is 22.8. The van der Waals surface area contributed by atoms with Crippen molar-refractivity contribution in [2.75, 3.05) is 56.7 Å². The first-order valence-electron chi connectivity index (χ1n) is 14.0. The lowest BCUT2D eigenvalue weighted by Crippen LogP contribution is -2.43. The van der Waals surface area contributed by atoms with Gasteiger partial charge in [0.15, 0.2) is 6.19 Å². The summed E-state index contributed by atoms with van der Waals surface area (Å²) in [6.45, 7) is 5.00. The Morgan fingerprint density at radius 3 is 2.59 bits per heavy atom. The molecule has 39 heavy (non-hydrogen) atoms. The largest absolute Gasteiger partial charge is 0.462 e. The van der Waals surface area contributed by atoms with Gasteiger partial charge in [0.1, 0.15) is 12.4 Å². The average molecular weight is 546 g/mol. The van der Waals surface area contributed by atoms with Crippen molar-refractivity contribution in [1.29, 1.82) is 5.26 Å². The highest BCUT2D eigenvalue weighted by Crippen LogP contribution is 2.37. The molecule has 8 nitrogen and oxygen atoms in total. The van der Waals surface area contributed by atoms with Crippen molar-refractivity contribution in [3.05, 3.63) is 52.7 Å². The zero-order valence-corrected chi connectivity index (χ0v) is 23.6. The quantitative estimate of drug-likeness (QED) is 0.326. The Morgan fingerprint density at radius 2 is 1.85 bits per heavy atom. The topological polar surface area (TPSA) is 71.8 Å². The Kier molecular flexibility index (Phi) is 7.37. The Morgan fingerprint density at radius 1 is 1.05 bits per heavy atom. The van der Waals surface area contributed by atoms with E-state index in [9.17, 15) is 5.26 Å². The van der Waals surface area contributed by atoms with Crippen molar-refractivity contribution in [1.82, 2.24) is 19.8 Å². The van der Waals surface area contributed by atoms with Crippen LogP contribution >= 0.6 is 11.6 Å². The molecule has 2 aromatic carbocycles. The van der Waals surface area contributed by atoms with Gasteiger partial charge < -0.3 is 24.3 Å². The summed E-state index contributed by atoms with van der Waals surface area (Å²) in [5, 5.41) is 12.3. The maximum atomic E-state index is 9.34. The smallest absolute Gasteiger partial charge is 0.318 e. The number of anilines is 2. The molecule has 3 aliphatic rings. The Labute approximate surface area is 235 Å². The molecule has 0 bridgehead atoms. The second-order valence-electron chi connectivity index (χ2n) is 11.1. The predicted octanol–water partition coefficient (Wildman–Crippen LogP) is 4.70. The minimum absolute atomic E-state index is 0.282. The van der Waals surface area contributed by atoms with Crippen LogP contribution < -0.4 is 14.5 Å². The van der Waals surface area contributed by atoms with Crippen molar-refractivity contribution in [3.8, 4) is 12.2 Å². The lowest BCUT2D eigenvalue weighted by Gasteiger charge is -2.38. The van der Waals surface area contributed by atoms with Crippen LogP contribution in [0.4, 0.5) is 11.5 Å². The highest BCUT2D eigenvalue weighted by Gasteiger charge is 2.30. The van der Waals surface area contributed by atoms with E-state index in [1.54, 1.807) is 4.90 Å². The predicted molar refractivity (Wildman–Crippen MR) is 156 cm³/mol. The second kappa shape index (κ2) is 11.1. The highest BCUT2D eigenvalue weighted by atomic mass is 35.5. The number of ether oxygens (including phenoxy) is 1. The van der Waals surface area contributed by atoms with Gasteiger partial charge in [0.2, 0.25) is 0 Å². The molecule has 3 aromatic rings. The number of likely N-dealkylation sites (N-methyl/N-ethyl adjacent to an activating group) is 1. The van der Waals surface area contributed by atoms with E-state index in [-0.39, 0.29) is 6.04 Å². The Hall–Kier alpha value is -3.28. The van der Waals surface area contributed by atoms with E-state index >= 15 is 0 Å². The van der Waals surface area contributed by atoms with E-state index in [2.05, 4.69) is 52.2 Å². The van der Waals surface area contributed by atoms with E-state index in [1.807, 2.05) is 19.2 Å². The second-order valence-corrected chi connectivity index (χ2v) is 11.5. The summed E-state index contributed by atoms with van der Waals surface area (Å²) >= 11 is 6.69.